The number of aromatic nitrogens is 1. The smallest absolute Gasteiger partial charge is 0.179 e. The van der Waals surface area contributed by atoms with Crippen molar-refractivity contribution in [3.8, 4) is 22.5 Å². The summed E-state index contributed by atoms with van der Waals surface area (Å²) in [5, 5.41) is 3.77. The molecule has 0 unspecified atom stereocenters. The van der Waals surface area contributed by atoms with Crippen molar-refractivity contribution in [1.82, 2.24) is 5.16 Å². The summed E-state index contributed by atoms with van der Waals surface area (Å²) in [6.45, 7) is 0. The number of nitrogens with two attached hydrogens (primary N) is 1. The van der Waals surface area contributed by atoms with Crippen LogP contribution in [0.4, 0.5) is 10.2 Å². The number of hydrogen-bond donors (Lipinski definition) is 1. The average Bonchev–Trinajstić information content (AvgIpc) is 2.96. The zero-order valence-corrected chi connectivity index (χ0v) is 14.9. The van der Waals surface area contributed by atoms with Crippen LogP contribution in [0.1, 0.15) is 0 Å². The molecular formula is C13H6Br2ClFN2OS. The maximum Gasteiger partial charge on any atom is 0.179 e. The van der Waals surface area contributed by atoms with Crippen molar-refractivity contribution < 1.29 is 8.91 Å². The monoisotopic (exact) mass is 450 g/mol. The first kappa shape index (κ1) is 15.0. The number of anilines is 1. The molecule has 1 aromatic carbocycles. The highest BCUT2D eigenvalue weighted by Gasteiger charge is 2.24. The molecule has 3 rings (SSSR count). The molecule has 3 aromatic rings. The zero-order valence-electron chi connectivity index (χ0n) is 10.2. The maximum absolute atomic E-state index is 14.3. The van der Waals surface area contributed by atoms with E-state index in [9.17, 15) is 4.39 Å². The lowest BCUT2D eigenvalue weighted by Gasteiger charge is -2.05. The molecule has 3 nitrogen and oxygen atoms in total. The Hall–Kier alpha value is -0.890. The van der Waals surface area contributed by atoms with Crippen molar-refractivity contribution in [2.24, 2.45) is 0 Å². The zero-order chi connectivity index (χ0) is 15.1. The van der Waals surface area contributed by atoms with Crippen LogP contribution in [-0.4, -0.2) is 5.16 Å². The van der Waals surface area contributed by atoms with E-state index < -0.39 is 5.82 Å². The minimum absolute atomic E-state index is 0.0182. The first-order chi connectivity index (χ1) is 9.99. The summed E-state index contributed by atoms with van der Waals surface area (Å²) in [6, 6.07) is 6.56. The van der Waals surface area contributed by atoms with Crippen LogP contribution in [0.15, 0.2) is 36.4 Å². The van der Waals surface area contributed by atoms with E-state index in [1.807, 2.05) is 6.07 Å². The second-order valence-electron chi connectivity index (χ2n) is 4.11. The third kappa shape index (κ3) is 2.63. The molecule has 2 heterocycles. The van der Waals surface area contributed by atoms with E-state index in [2.05, 4.69) is 37.0 Å². The van der Waals surface area contributed by atoms with Crippen molar-refractivity contribution in [1.29, 1.82) is 0 Å². The van der Waals surface area contributed by atoms with E-state index in [-0.39, 0.29) is 16.4 Å². The van der Waals surface area contributed by atoms with Gasteiger partial charge in [0.1, 0.15) is 5.82 Å². The molecule has 8 heteroatoms. The molecule has 2 N–H and O–H groups in total. The van der Waals surface area contributed by atoms with Gasteiger partial charge >= 0.3 is 0 Å². The number of nitrogen functional groups attached to an aromatic ring is 1. The summed E-state index contributed by atoms with van der Waals surface area (Å²) in [5.41, 5.74) is 7.23. The van der Waals surface area contributed by atoms with Crippen molar-refractivity contribution in [3.05, 3.63) is 42.7 Å². The lowest BCUT2D eigenvalue weighted by Crippen LogP contribution is -1.92. The molecule has 0 aliphatic carbocycles. The predicted octanol–water partition coefficient (Wildman–Crippen LogP) is 5.97. The summed E-state index contributed by atoms with van der Waals surface area (Å²) in [7, 11) is 0. The summed E-state index contributed by atoms with van der Waals surface area (Å²) in [4.78, 5) is 0. The van der Waals surface area contributed by atoms with Crippen LogP contribution in [-0.2, 0) is 0 Å². The van der Waals surface area contributed by atoms with Crippen LogP contribution >= 0.6 is 54.8 Å². The second kappa shape index (κ2) is 5.72. The van der Waals surface area contributed by atoms with Crippen molar-refractivity contribution in [3.63, 3.8) is 0 Å². The molecule has 108 valence electrons. The molecule has 0 aliphatic rings. The minimum Gasteiger partial charge on any atom is -0.380 e. The van der Waals surface area contributed by atoms with Crippen LogP contribution in [0.25, 0.3) is 22.5 Å². The van der Waals surface area contributed by atoms with Gasteiger partial charge in [0, 0.05) is 11.1 Å². The van der Waals surface area contributed by atoms with Crippen molar-refractivity contribution in [2.45, 2.75) is 0 Å². The van der Waals surface area contributed by atoms with Gasteiger partial charge in [0.25, 0.3) is 0 Å². The van der Waals surface area contributed by atoms with Gasteiger partial charge in [0.15, 0.2) is 11.6 Å². The Morgan fingerprint density at radius 3 is 2.71 bits per heavy atom. The largest absolute Gasteiger partial charge is 0.380 e. The maximum atomic E-state index is 14.3. The highest BCUT2D eigenvalue weighted by atomic mass is 79.9. The molecular weight excluding hydrogens is 446 g/mol. The Morgan fingerprint density at radius 1 is 1.29 bits per heavy atom. The van der Waals surface area contributed by atoms with Crippen LogP contribution in [0.5, 0.6) is 0 Å². The highest BCUT2D eigenvalue weighted by Crippen LogP contribution is 2.45. The van der Waals surface area contributed by atoms with Gasteiger partial charge in [0.2, 0.25) is 0 Å². The van der Waals surface area contributed by atoms with E-state index in [4.69, 9.17) is 21.9 Å². The Bertz CT molecular complexity index is 834. The van der Waals surface area contributed by atoms with E-state index in [1.165, 1.54) is 17.4 Å². The molecule has 0 spiro atoms. The van der Waals surface area contributed by atoms with Gasteiger partial charge in [-0.25, -0.2) is 4.39 Å². The van der Waals surface area contributed by atoms with Gasteiger partial charge in [-0.3, -0.25) is 0 Å². The van der Waals surface area contributed by atoms with Crippen LogP contribution in [0.3, 0.4) is 0 Å². The molecule has 0 atom stereocenters. The topological polar surface area (TPSA) is 52.0 Å². The average molecular weight is 453 g/mol. The highest BCUT2D eigenvalue weighted by molar-refractivity contribution is 9.12. The third-order valence-corrected chi connectivity index (χ3v) is 5.47. The lowest BCUT2D eigenvalue weighted by molar-refractivity contribution is 0.436. The summed E-state index contributed by atoms with van der Waals surface area (Å²) >= 11 is 14.1. The summed E-state index contributed by atoms with van der Waals surface area (Å²) in [5.74, 6) is -0.0522. The molecule has 0 bridgehead atoms. The van der Waals surface area contributed by atoms with Gasteiger partial charge in [-0.15, -0.1) is 11.3 Å². The van der Waals surface area contributed by atoms with E-state index >= 15 is 0 Å². The molecule has 2 aromatic heterocycles. The van der Waals surface area contributed by atoms with Gasteiger partial charge in [-0.05, 0) is 44.0 Å². The molecule has 0 amide bonds. The molecule has 0 radical (unpaired) electrons. The number of thiophene rings is 1. The number of halogens is 4. The van der Waals surface area contributed by atoms with Gasteiger partial charge in [-0.1, -0.05) is 28.9 Å². The molecule has 0 aliphatic heterocycles. The third-order valence-electron chi connectivity index (χ3n) is 2.84. The minimum atomic E-state index is -0.555. The quantitative estimate of drug-likeness (QED) is 0.521. The number of hydrogen-bond acceptors (Lipinski definition) is 4. The van der Waals surface area contributed by atoms with Crippen LogP contribution < -0.4 is 5.73 Å². The molecule has 0 saturated heterocycles. The summed E-state index contributed by atoms with van der Waals surface area (Å²) in [6.07, 6.45) is 0. The fraction of sp³-hybridized carbons (Fsp3) is 0. The van der Waals surface area contributed by atoms with E-state index in [0.717, 1.165) is 13.1 Å². The Balaban J connectivity index is 2.27. The van der Waals surface area contributed by atoms with Gasteiger partial charge in [-0.2, -0.15) is 0 Å². The lowest BCUT2D eigenvalue weighted by atomic mass is 10.0. The normalized spacial score (nSPS) is 11.0. The van der Waals surface area contributed by atoms with Crippen molar-refractivity contribution in [2.75, 3.05) is 5.73 Å². The summed E-state index contributed by atoms with van der Waals surface area (Å²) < 4.78 is 21.3. The number of rotatable bonds is 2. The predicted molar refractivity (Wildman–Crippen MR) is 90.0 cm³/mol. The second-order valence-corrected chi connectivity index (χ2v) is 8.27. The first-order valence-corrected chi connectivity index (χ1v) is 8.41. The van der Waals surface area contributed by atoms with Crippen molar-refractivity contribution >= 4 is 60.6 Å². The fourth-order valence-electron chi connectivity index (χ4n) is 1.94. The van der Waals surface area contributed by atoms with Gasteiger partial charge < -0.3 is 10.3 Å². The SMILES string of the molecule is Nc1noc(-c2cc(Br)sc2Br)c1-c1cccc(Cl)c1F. The fourth-order valence-corrected chi connectivity index (χ4v) is 4.91. The Labute approximate surface area is 145 Å². The molecule has 0 fully saturated rings. The number of benzene rings is 1. The van der Waals surface area contributed by atoms with E-state index in [0.29, 0.717) is 11.3 Å². The standard InChI is InChI=1S/C13H6Br2ClFN2OS/c14-8-4-6(12(15)21-8)11-9(13(18)19-20-11)5-2-1-3-7(16)10(5)17/h1-4H,(H2,18,19). The van der Waals surface area contributed by atoms with E-state index in [1.54, 1.807) is 12.1 Å². The van der Waals surface area contributed by atoms with Crippen LogP contribution in [0.2, 0.25) is 5.02 Å². The molecule has 0 saturated carbocycles. The Morgan fingerprint density at radius 2 is 2.05 bits per heavy atom. The number of nitrogens with zero attached hydrogens (tertiary/aromatic N) is 1. The van der Waals surface area contributed by atoms with Gasteiger partial charge in [0.05, 0.1) is 18.2 Å². The van der Waals surface area contributed by atoms with Crippen LogP contribution in [0, 0.1) is 5.82 Å². The first-order valence-electron chi connectivity index (χ1n) is 5.63. The Kier molecular flexibility index (Phi) is 4.09. The molecule has 21 heavy (non-hydrogen) atoms.